The number of anilines is 1. The van der Waals surface area contributed by atoms with Crippen molar-refractivity contribution in [2.75, 3.05) is 19.5 Å². The van der Waals surface area contributed by atoms with Gasteiger partial charge in [0, 0.05) is 16.8 Å². The molecule has 4 nitrogen and oxygen atoms in total. The number of hydrogen-bond acceptors (Lipinski definition) is 3. The molecule has 2 rings (SSSR count). The molecule has 0 aromatic heterocycles. The van der Waals surface area contributed by atoms with E-state index in [0.29, 0.717) is 31.2 Å². The molecule has 0 spiro atoms. The molecule has 0 heterocycles. The maximum Gasteiger partial charge on any atom is 0.248 e. The van der Waals surface area contributed by atoms with Gasteiger partial charge in [-0.3, -0.25) is 4.79 Å². The van der Waals surface area contributed by atoms with Gasteiger partial charge in [0.05, 0.1) is 18.7 Å². The van der Waals surface area contributed by atoms with Crippen molar-refractivity contribution in [3.63, 3.8) is 0 Å². The molecule has 0 radical (unpaired) electrons. The Morgan fingerprint density at radius 2 is 1.79 bits per heavy atom. The van der Waals surface area contributed by atoms with Gasteiger partial charge in [0.15, 0.2) is 5.75 Å². The number of methoxy groups -OCH3 is 2. The summed E-state index contributed by atoms with van der Waals surface area (Å²) >= 11 is 12.7. The highest BCUT2D eigenvalue weighted by atomic mass is 79.9. The van der Waals surface area contributed by atoms with E-state index in [1.54, 1.807) is 50.6 Å². The molecule has 2 aromatic rings. The Morgan fingerprint density at radius 3 is 2.38 bits per heavy atom. The largest absolute Gasteiger partial charge is 0.495 e. The first-order valence-corrected chi connectivity index (χ1v) is 8.77. The van der Waals surface area contributed by atoms with Gasteiger partial charge in [-0.1, -0.05) is 11.6 Å². The molecule has 0 unspecified atom stereocenters. The molecule has 126 valence electrons. The van der Waals surface area contributed by atoms with Crippen LogP contribution in [0.1, 0.15) is 5.56 Å². The molecule has 0 aliphatic heterocycles. The van der Waals surface area contributed by atoms with Crippen LogP contribution in [0.4, 0.5) is 5.69 Å². The lowest BCUT2D eigenvalue weighted by Gasteiger charge is -2.12. The topological polar surface area (TPSA) is 47.6 Å². The SMILES string of the molecule is COc1cc(/C=C/C(=O)Nc2ccc(Cl)cc2)c(Br)c(OC)c1Br. The first kappa shape index (κ1) is 18.8. The van der Waals surface area contributed by atoms with Crippen LogP contribution < -0.4 is 14.8 Å². The molecule has 0 saturated heterocycles. The van der Waals surface area contributed by atoms with Crippen molar-refractivity contribution in [1.82, 2.24) is 0 Å². The van der Waals surface area contributed by atoms with Gasteiger partial charge in [0.25, 0.3) is 0 Å². The minimum Gasteiger partial charge on any atom is -0.495 e. The number of nitrogens with one attached hydrogen (secondary N) is 1. The molecule has 1 amide bonds. The molecule has 0 saturated carbocycles. The molecule has 2 aromatic carbocycles. The van der Waals surface area contributed by atoms with Gasteiger partial charge in [-0.25, -0.2) is 0 Å². The minimum atomic E-state index is -0.259. The number of rotatable bonds is 5. The second-order valence-electron chi connectivity index (χ2n) is 4.66. The molecular formula is C17H14Br2ClNO3. The van der Waals surface area contributed by atoms with Crippen molar-refractivity contribution in [3.8, 4) is 11.5 Å². The molecule has 0 atom stereocenters. The molecule has 1 N–H and O–H groups in total. The predicted molar refractivity (Wildman–Crippen MR) is 104 cm³/mol. The summed E-state index contributed by atoms with van der Waals surface area (Å²) in [5.74, 6) is 0.935. The predicted octanol–water partition coefficient (Wildman–Crippen LogP) is 5.53. The van der Waals surface area contributed by atoms with E-state index >= 15 is 0 Å². The van der Waals surface area contributed by atoms with Gasteiger partial charge in [0.1, 0.15) is 10.2 Å². The molecule has 0 fully saturated rings. The van der Waals surface area contributed by atoms with Crippen LogP contribution in [0.3, 0.4) is 0 Å². The number of carbonyl (C=O) groups is 1. The summed E-state index contributed by atoms with van der Waals surface area (Å²) in [6.45, 7) is 0. The van der Waals surface area contributed by atoms with E-state index in [1.165, 1.54) is 6.08 Å². The Labute approximate surface area is 162 Å². The summed E-state index contributed by atoms with van der Waals surface area (Å²) in [6, 6.07) is 8.68. The first-order chi connectivity index (χ1) is 11.5. The second kappa shape index (κ2) is 8.55. The maximum atomic E-state index is 12.0. The van der Waals surface area contributed by atoms with Crippen LogP contribution in [-0.4, -0.2) is 20.1 Å². The zero-order valence-electron chi connectivity index (χ0n) is 12.9. The third kappa shape index (κ3) is 4.53. The average molecular weight is 476 g/mol. The lowest BCUT2D eigenvalue weighted by molar-refractivity contribution is -0.111. The smallest absolute Gasteiger partial charge is 0.248 e. The summed E-state index contributed by atoms with van der Waals surface area (Å²) in [4.78, 5) is 12.0. The van der Waals surface area contributed by atoms with E-state index in [4.69, 9.17) is 21.1 Å². The molecule has 7 heteroatoms. The normalized spacial score (nSPS) is 10.7. The number of benzene rings is 2. The van der Waals surface area contributed by atoms with Crippen molar-refractivity contribution in [3.05, 3.63) is 55.9 Å². The highest BCUT2D eigenvalue weighted by Crippen LogP contribution is 2.42. The van der Waals surface area contributed by atoms with Gasteiger partial charge >= 0.3 is 0 Å². The quantitative estimate of drug-likeness (QED) is 0.578. The summed E-state index contributed by atoms with van der Waals surface area (Å²) in [7, 11) is 3.12. The Hall–Kier alpha value is -1.50. The Balaban J connectivity index is 2.21. The minimum absolute atomic E-state index is 0.259. The van der Waals surface area contributed by atoms with E-state index < -0.39 is 0 Å². The lowest BCUT2D eigenvalue weighted by Crippen LogP contribution is -2.07. The van der Waals surface area contributed by atoms with Crippen molar-refractivity contribution >= 4 is 61.1 Å². The van der Waals surface area contributed by atoms with Crippen molar-refractivity contribution in [1.29, 1.82) is 0 Å². The van der Waals surface area contributed by atoms with Crippen LogP contribution in [0, 0.1) is 0 Å². The fourth-order valence-electron chi connectivity index (χ4n) is 1.94. The standard InChI is InChI=1S/C17H14Br2ClNO3/c1-23-13-9-10(15(18)17(24-2)16(13)19)3-8-14(22)21-12-6-4-11(20)5-7-12/h3-9H,1-2H3,(H,21,22)/b8-3+. The van der Waals surface area contributed by atoms with E-state index in [1.807, 2.05) is 0 Å². The van der Waals surface area contributed by atoms with Crippen LogP contribution in [0.2, 0.25) is 5.02 Å². The number of carbonyl (C=O) groups excluding carboxylic acids is 1. The summed E-state index contributed by atoms with van der Waals surface area (Å²) in [6.07, 6.45) is 3.11. The van der Waals surface area contributed by atoms with Crippen molar-refractivity contribution in [2.45, 2.75) is 0 Å². The molecular weight excluding hydrogens is 461 g/mol. The Morgan fingerprint density at radius 1 is 1.12 bits per heavy atom. The molecule has 0 aliphatic carbocycles. The van der Waals surface area contributed by atoms with Crippen LogP contribution in [0.25, 0.3) is 6.08 Å². The highest BCUT2D eigenvalue weighted by Gasteiger charge is 2.15. The highest BCUT2D eigenvalue weighted by molar-refractivity contribution is 9.11. The Kier molecular flexibility index (Phi) is 6.71. The van der Waals surface area contributed by atoms with Gasteiger partial charge in [-0.2, -0.15) is 0 Å². The van der Waals surface area contributed by atoms with Crippen LogP contribution in [0.5, 0.6) is 11.5 Å². The van der Waals surface area contributed by atoms with Crippen molar-refractivity contribution in [2.24, 2.45) is 0 Å². The van der Waals surface area contributed by atoms with E-state index in [0.717, 1.165) is 5.56 Å². The van der Waals surface area contributed by atoms with Crippen molar-refractivity contribution < 1.29 is 14.3 Å². The zero-order valence-corrected chi connectivity index (χ0v) is 16.8. The molecule has 24 heavy (non-hydrogen) atoms. The monoisotopic (exact) mass is 473 g/mol. The maximum absolute atomic E-state index is 12.0. The second-order valence-corrected chi connectivity index (χ2v) is 6.68. The van der Waals surface area contributed by atoms with Gasteiger partial charge in [-0.15, -0.1) is 0 Å². The van der Waals surface area contributed by atoms with Crippen LogP contribution in [-0.2, 0) is 4.79 Å². The van der Waals surface area contributed by atoms with Gasteiger partial charge in [0.2, 0.25) is 5.91 Å². The van der Waals surface area contributed by atoms with Gasteiger partial charge < -0.3 is 14.8 Å². The third-order valence-corrected chi connectivity index (χ3v) is 4.93. The fourth-order valence-corrected chi connectivity index (χ4v) is 3.57. The average Bonchev–Trinajstić information content (AvgIpc) is 2.57. The molecule has 0 aliphatic rings. The summed E-state index contributed by atoms with van der Waals surface area (Å²) < 4.78 is 12.1. The Bertz CT molecular complexity index is 776. The number of ether oxygens (including phenoxy) is 2. The zero-order chi connectivity index (χ0) is 17.7. The first-order valence-electron chi connectivity index (χ1n) is 6.81. The van der Waals surface area contributed by atoms with Crippen LogP contribution in [0.15, 0.2) is 45.4 Å². The summed E-state index contributed by atoms with van der Waals surface area (Å²) in [5, 5.41) is 3.37. The summed E-state index contributed by atoms with van der Waals surface area (Å²) in [5.41, 5.74) is 1.41. The van der Waals surface area contributed by atoms with E-state index in [9.17, 15) is 4.79 Å². The lowest BCUT2D eigenvalue weighted by atomic mass is 10.2. The van der Waals surface area contributed by atoms with Crippen LogP contribution >= 0.6 is 43.5 Å². The molecule has 0 bridgehead atoms. The number of halogens is 3. The number of amides is 1. The number of hydrogen-bond donors (Lipinski definition) is 1. The van der Waals surface area contributed by atoms with Gasteiger partial charge in [-0.05, 0) is 73.8 Å². The third-order valence-electron chi connectivity index (χ3n) is 3.11. The van der Waals surface area contributed by atoms with E-state index in [-0.39, 0.29) is 5.91 Å². The fraction of sp³-hybridized carbons (Fsp3) is 0.118. The van der Waals surface area contributed by atoms with E-state index in [2.05, 4.69) is 37.2 Å².